The van der Waals surface area contributed by atoms with Crippen molar-refractivity contribution in [3.05, 3.63) is 63.2 Å². The van der Waals surface area contributed by atoms with Crippen LogP contribution in [0.3, 0.4) is 0 Å². The highest BCUT2D eigenvalue weighted by Gasteiger charge is 2.37. The Morgan fingerprint density at radius 3 is 2.64 bits per heavy atom. The molecule has 2 fully saturated rings. The fourth-order valence-electron chi connectivity index (χ4n) is 6.66. The van der Waals surface area contributed by atoms with Gasteiger partial charge in [-0.15, -0.1) is 4.91 Å². The first-order valence-electron chi connectivity index (χ1n) is 14.8. The van der Waals surface area contributed by atoms with E-state index >= 15 is 4.39 Å². The van der Waals surface area contributed by atoms with Crippen LogP contribution in [-0.4, -0.2) is 102 Å². The fraction of sp³-hybridized carbons (Fsp3) is 0.452. The molecule has 44 heavy (non-hydrogen) atoms. The number of amides is 1. The number of hydrogen-bond acceptors (Lipinski definition) is 9. The van der Waals surface area contributed by atoms with Crippen molar-refractivity contribution in [2.75, 3.05) is 64.4 Å². The number of carbonyl (C=O) groups excluding carboxylic acids is 1. The third-order valence-electron chi connectivity index (χ3n) is 9.00. The summed E-state index contributed by atoms with van der Waals surface area (Å²) < 4.78 is 23.4. The van der Waals surface area contributed by atoms with Crippen LogP contribution in [0, 0.1) is 10.7 Å². The molecule has 2 aromatic carbocycles. The maximum atomic E-state index is 15.4. The minimum Gasteiger partial charge on any atom is -0.488 e. The Balaban J connectivity index is 1.55. The van der Waals surface area contributed by atoms with E-state index in [9.17, 15) is 14.5 Å². The molecule has 1 amide bonds. The molecule has 3 aromatic rings. The summed E-state index contributed by atoms with van der Waals surface area (Å²) in [5.74, 6) is -0.228. The predicted octanol–water partition coefficient (Wildman–Crippen LogP) is 4.05. The molecule has 4 heterocycles. The molecule has 0 N–H and O–H groups in total. The molecule has 3 atom stereocenters. The Labute approximate surface area is 259 Å². The van der Waals surface area contributed by atoms with Crippen LogP contribution in [0.2, 0.25) is 5.02 Å². The number of anilines is 1. The molecule has 0 unspecified atom stereocenters. The van der Waals surface area contributed by atoms with Gasteiger partial charge in [0.15, 0.2) is 5.75 Å². The van der Waals surface area contributed by atoms with Gasteiger partial charge in [0.2, 0.25) is 5.91 Å². The lowest BCUT2D eigenvalue weighted by atomic mass is 9.98. The minimum absolute atomic E-state index is 0.0854. The second-order valence-corrected chi connectivity index (χ2v) is 12.3. The number of halogens is 2. The second-order valence-electron chi connectivity index (χ2n) is 11.9. The third kappa shape index (κ3) is 5.14. The van der Waals surface area contributed by atoms with E-state index in [4.69, 9.17) is 16.3 Å². The maximum Gasteiger partial charge on any atom is 0.350 e. The molecule has 11 nitrogen and oxygen atoms in total. The number of piperazine rings is 2. The van der Waals surface area contributed by atoms with E-state index in [1.165, 1.54) is 24.3 Å². The summed E-state index contributed by atoms with van der Waals surface area (Å²) in [5, 5.41) is 3.75. The van der Waals surface area contributed by atoms with E-state index in [0.717, 1.165) is 26.2 Å². The number of aromatic nitrogens is 2. The maximum absolute atomic E-state index is 15.4. The summed E-state index contributed by atoms with van der Waals surface area (Å²) in [6, 6.07) is 4.98. The molecule has 0 aliphatic carbocycles. The van der Waals surface area contributed by atoms with Crippen molar-refractivity contribution < 1.29 is 13.9 Å². The van der Waals surface area contributed by atoms with E-state index in [1.54, 1.807) is 15.5 Å². The normalized spacial score (nSPS) is 22.6. The highest BCUT2D eigenvalue weighted by atomic mass is 35.5. The summed E-state index contributed by atoms with van der Waals surface area (Å²) in [6.45, 7) is 12.6. The van der Waals surface area contributed by atoms with Gasteiger partial charge >= 0.3 is 5.69 Å². The van der Waals surface area contributed by atoms with Gasteiger partial charge in [0.25, 0.3) is 0 Å². The van der Waals surface area contributed by atoms with Crippen LogP contribution < -0.4 is 15.3 Å². The quantitative estimate of drug-likeness (QED) is 0.299. The predicted molar refractivity (Wildman–Crippen MR) is 169 cm³/mol. The number of rotatable bonds is 6. The SMILES string of the molecule is C=CC(=O)N1C[C@H](C)N(c2nc(=O)n3c4c(c(-c5c(F)cccc5N=O)c(Cl)cc24)OC[C@@H]3CN2CCN(C)CC2)C[C@H]1C. The smallest absolute Gasteiger partial charge is 0.350 e. The highest BCUT2D eigenvalue weighted by Crippen LogP contribution is 2.49. The molecule has 6 rings (SSSR count). The second kappa shape index (κ2) is 11.9. The van der Waals surface area contributed by atoms with Crippen molar-refractivity contribution in [2.24, 2.45) is 5.18 Å². The Bertz CT molecular complexity index is 1710. The molecule has 3 aliphatic heterocycles. The first kappa shape index (κ1) is 30.2. The molecule has 2 saturated heterocycles. The minimum atomic E-state index is -0.684. The standard InChI is InChI=1S/C31H35ClFN7O4/c1-5-25(41)38-14-19(3)39(15-18(38)2)30-21-13-22(32)26(27-23(33)7-6-8-24(27)35-43)29-28(21)40(31(42)34-30)20(17-44-29)16-37-11-9-36(4)10-12-37/h5-8,13,18-20H,1,9-12,14-17H2,2-4H3/t18-,19+,20+/m1/s1. The van der Waals surface area contributed by atoms with Crippen LogP contribution in [0.15, 0.2) is 46.9 Å². The van der Waals surface area contributed by atoms with Crippen molar-refractivity contribution >= 4 is 39.9 Å². The summed E-state index contributed by atoms with van der Waals surface area (Å²) in [4.78, 5) is 51.2. The summed E-state index contributed by atoms with van der Waals surface area (Å²) in [6.07, 6.45) is 1.30. The van der Waals surface area contributed by atoms with Crippen molar-refractivity contribution in [3.8, 4) is 16.9 Å². The van der Waals surface area contributed by atoms with Crippen LogP contribution in [0.5, 0.6) is 5.75 Å². The van der Waals surface area contributed by atoms with Gasteiger partial charge < -0.3 is 19.4 Å². The van der Waals surface area contributed by atoms with E-state index in [1.807, 2.05) is 18.7 Å². The van der Waals surface area contributed by atoms with Crippen molar-refractivity contribution in [3.63, 3.8) is 0 Å². The van der Waals surface area contributed by atoms with Crippen LogP contribution in [0.1, 0.15) is 19.9 Å². The summed E-state index contributed by atoms with van der Waals surface area (Å²) in [5.41, 5.74) is -0.0689. The topological polar surface area (TPSA) is 104 Å². The zero-order valence-corrected chi connectivity index (χ0v) is 25.8. The average molecular weight is 624 g/mol. The van der Waals surface area contributed by atoms with Crippen molar-refractivity contribution in [1.29, 1.82) is 0 Å². The first-order chi connectivity index (χ1) is 21.1. The zero-order valence-electron chi connectivity index (χ0n) is 25.0. The lowest BCUT2D eigenvalue weighted by Crippen LogP contribution is -2.58. The molecular formula is C31H35ClFN7O4. The summed E-state index contributed by atoms with van der Waals surface area (Å²) >= 11 is 6.90. The van der Waals surface area contributed by atoms with Crippen LogP contribution in [0.4, 0.5) is 15.9 Å². The number of benzene rings is 2. The number of hydrogen-bond donors (Lipinski definition) is 0. The number of ether oxygens (including phenoxy) is 1. The molecule has 0 bridgehead atoms. The fourth-order valence-corrected chi connectivity index (χ4v) is 6.95. The number of nitrogens with zero attached hydrogens (tertiary/aromatic N) is 7. The highest BCUT2D eigenvalue weighted by molar-refractivity contribution is 6.35. The number of likely N-dealkylation sites (N-methyl/N-ethyl adjacent to an activating group) is 1. The van der Waals surface area contributed by atoms with Crippen LogP contribution >= 0.6 is 11.6 Å². The number of carbonyl (C=O) groups is 1. The van der Waals surface area contributed by atoms with Gasteiger partial charge in [-0.2, -0.15) is 4.98 Å². The first-order valence-corrected chi connectivity index (χ1v) is 15.1. The van der Waals surface area contributed by atoms with Crippen LogP contribution in [0.25, 0.3) is 22.0 Å². The summed E-state index contributed by atoms with van der Waals surface area (Å²) in [7, 11) is 2.08. The monoisotopic (exact) mass is 623 g/mol. The van der Waals surface area contributed by atoms with Gasteiger partial charge in [-0.25, -0.2) is 9.18 Å². The van der Waals surface area contributed by atoms with E-state index in [-0.39, 0.29) is 58.2 Å². The van der Waals surface area contributed by atoms with Crippen molar-refractivity contribution in [2.45, 2.75) is 32.0 Å². The Morgan fingerprint density at radius 2 is 1.93 bits per heavy atom. The zero-order chi connectivity index (χ0) is 31.3. The molecule has 0 saturated carbocycles. The number of nitroso groups, excluding NO2 is 1. The van der Waals surface area contributed by atoms with E-state index < -0.39 is 11.5 Å². The van der Waals surface area contributed by atoms with Crippen molar-refractivity contribution in [1.82, 2.24) is 24.3 Å². The van der Waals surface area contributed by atoms with Crippen LogP contribution in [-0.2, 0) is 4.79 Å². The van der Waals surface area contributed by atoms with Gasteiger partial charge in [-0.1, -0.05) is 24.2 Å². The van der Waals surface area contributed by atoms with E-state index in [0.29, 0.717) is 36.4 Å². The van der Waals surface area contributed by atoms with Gasteiger partial charge in [0.05, 0.1) is 22.1 Å². The van der Waals surface area contributed by atoms with Gasteiger partial charge in [0.1, 0.15) is 23.9 Å². The lowest BCUT2D eigenvalue weighted by molar-refractivity contribution is -0.128. The molecule has 232 valence electrons. The van der Waals surface area contributed by atoms with Gasteiger partial charge in [0, 0.05) is 68.8 Å². The third-order valence-corrected chi connectivity index (χ3v) is 9.30. The lowest BCUT2D eigenvalue weighted by Gasteiger charge is -2.45. The average Bonchev–Trinajstić information content (AvgIpc) is 3.01. The Morgan fingerprint density at radius 1 is 1.18 bits per heavy atom. The molecule has 13 heteroatoms. The van der Waals surface area contributed by atoms with Gasteiger partial charge in [-0.3, -0.25) is 14.3 Å². The molecular weight excluding hydrogens is 589 g/mol. The Kier molecular flexibility index (Phi) is 8.16. The Hall–Kier alpha value is -3.87. The molecule has 3 aliphatic rings. The molecule has 1 aromatic heterocycles. The van der Waals surface area contributed by atoms with E-state index in [2.05, 4.69) is 33.6 Å². The largest absolute Gasteiger partial charge is 0.488 e. The molecule has 0 spiro atoms. The van der Waals surface area contributed by atoms with Gasteiger partial charge in [-0.05, 0) is 50.3 Å². The molecule has 0 radical (unpaired) electrons.